The van der Waals surface area contributed by atoms with Crippen molar-refractivity contribution in [1.82, 2.24) is 9.78 Å². The SMILES string of the molecule is CC1=C(C(=O)Nc2ccccc2)C(CC(C)C)n2ncc(C(=O)Nc3ccccc3)c2N1. The number of para-hydroxylation sites is 2. The van der Waals surface area contributed by atoms with Crippen LogP contribution in [0.2, 0.25) is 0 Å². The number of allylic oxidation sites excluding steroid dienone is 1. The van der Waals surface area contributed by atoms with Crippen molar-refractivity contribution in [2.75, 3.05) is 16.0 Å². The fourth-order valence-corrected chi connectivity index (χ4v) is 3.93. The zero-order valence-corrected chi connectivity index (χ0v) is 18.4. The highest BCUT2D eigenvalue weighted by molar-refractivity contribution is 6.09. The van der Waals surface area contributed by atoms with Crippen LogP contribution in [-0.2, 0) is 4.79 Å². The van der Waals surface area contributed by atoms with Crippen molar-refractivity contribution in [1.29, 1.82) is 0 Å². The van der Waals surface area contributed by atoms with Gasteiger partial charge in [0.2, 0.25) is 0 Å². The van der Waals surface area contributed by atoms with Gasteiger partial charge in [0.15, 0.2) is 0 Å². The Morgan fingerprint density at radius 3 is 2.09 bits per heavy atom. The number of carbonyl (C=O) groups is 2. The summed E-state index contributed by atoms with van der Waals surface area (Å²) in [6, 6.07) is 18.4. The van der Waals surface area contributed by atoms with E-state index in [1.165, 1.54) is 0 Å². The van der Waals surface area contributed by atoms with E-state index < -0.39 is 0 Å². The molecule has 0 radical (unpaired) electrons. The molecule has 7 heteroatoms. The lowest BCUT2D eigenvalue weighted by Crippen LogP contribution is -2.32. The summed E-state index contributed by atoms with van der Waals surface area (Å²) in [4.78, 5) is 26.2. The second kappa shape index (κ2) is 9.09. The quantitative estimate of drug-likeness (QED) is 0.511. The van der Waals surface area contributed by atoms with Gasteiger partial charge in [0.1, 0.15) is 11.4 Å². The molecule has 164 valence electrons. The molecule has 2 amide bonds. The zero-order chi connectivity index (χ0) is 22.7. The molecule has 7 nitrogen and oxygen atoms in total. The van der Waals surface area contributed by atoms with Gasteiger partial charge >= 0.3 is 0 Å². The molecule has 4 rings (SSSR count). The van der Waals surface area contributed by atoms with E-state index in [0.29, 0.717) is 40.7 Å². The van der Waals surface area contributed by atoms with Crippen molar-refractivity contribution in [2.24, 2.45) is 5.92 Å². The Labute approximate surface area is 187 Å². The summed E-state index contributed by atoms with van der Waals surface area (Å²) in [5, 5.41) is 13.6. The molecule has 0 saturated carbocycles. The van der Waals surface area contributed by atoms with Crippen molar-refractivity contribution in [3.05, 3.63) is 83.7 Å². The number of carbonyl (C=O) groups excluding carboxylic acids is 2. The first-order chi connectivity index (χ1) is 15.4. The zero-order valence-electron chi connectivity index (χ0n) is 18.4. The molecule has 1 aliphatic heterocycles. The maximum absolute atomic E-state index is 13.2. The molecule has 0 aliphatic carbocycles. The molecule has 2 heterocycles. The summed E-state index contributed by atoms with van der Waals surface area (Å²) < 4.78 is 1.76. The monoisotopic (exact) mass is 429 g/mol. The Balaban J connectivity index is 1.65. The van der Waals surface area contributed by atoms with E-state index in [1.807, 2.05) is 67.6 Å². The van der Waals surface area contributed by atoms with Crippen LogP contribution in [0.4, 0.5) is 17.2 Å². The molecule has 1 atom stereocenters. The van der Waals surface area contributed by atoms with E-state index in [2.05, 4.69) is 34.9 Å². The largest absolute Gasteiger partial charge is 0.343 e. The molecule has 1 aliphatic rings. The van der Waals surface area contributed by atoms with Crippen molar-refractivity contribution in [3.8, 4) is 0 Å². The van der Waals surface area contributed by atoms with Gasteiger partial charge in [-0.15, -0.1) is 0 Å². The number of rotatable bonds is 6. The van der Waals surface area contributed by atoms with Gasteiger partial charge in [-0.2, -0.15) is 5.10 Å². The molecular formula is C25H27N5O2. The highest BCUT2D eigenvalue weighted by Crippen LogP contribution is 2.37. The highest BCUT2D eigenvalue weighted by atomic mass is 16.2. The molecule has 1 aromatic heterocycles. The number of nitrogens with one attached hydrogen (secondary N) is 3. The van der Waals surface area contributed by atoms with Crippen molar-refractivity contribution < 1.29 is 9.59 Å². The number of hydrogen-bond acceptors (Lipinski definition) is 4. The molecular weight excluding hydrogens is 402 g/mol. The van der Waals surface area contributed by atoms with Crippen LogP contribution in [0.1, 0.15) is 43.6 Å². The lowest BCUT2D eigenvalue weighted by atomic mass is 9.93. The van der Waals surface area contributed by atoms with Gasteiger partial charge in [0.05, 0.1) is 17.8 Å². The molecule has 0 fully saturated rings. The van der Waals surface area contributed by atoms with E-state index in [-0.39, 0.29) is 17.9 Å². The van der Waals surface area contributed by atoms with Crippen LogP contribution in [0.15, 0.2) is 78.1 Å². The number of benzene rings is 2. The van der Waals surface area contributed by atoms with Crippen LogP contribution in [0, 0.1) is 5.92 Å². The summed E-state index contributed by atoms with van der Waals surface area (Å²) in [5.41, 5.74) is 3.21. The predicted octanol–water partition coefficient (Wildman–Crippen LogP) is 5.06. The normalized spacial score (nSPS) is 15.2. The fourth-order valence-electron chi connectivity index (χ4n) is 3.93. The van der Waals surface area contributed by atoms with Crippen LogP contribution in [0.3, 0.4) is 0 Å². The Kier molecular flexibility index (Phi) is 6.07. The molecule has 1 unspecified atom stereocenters. The second-order valence-electron chi connectivity index (χ2n) is 8.30. The Hall–Kier alpha value is -3.87. The molecule has 2 aromatic carbocycles. The minimum absolute atomic E-state index is 0.178. The molecule has 0 saturated heterocycles. The standard InChI is InChI=1S/C25H27N5O2/c1-16(2)14-21-22(25(32)29-19-12-8-5-9-13-19)17(3)27-23-20(15-26-30(21)23)24(31)28-18-10-6-4-7-11-18/h4-13,15-16,21,27H,14H2,1-3H3,(H,28,31)(H,29,32). The van der Waals surface area contributed by atoms with Gasteiger partial charge in [0, 0.05) is 17.1 Å². The maximum atomic E-state index is 13.2. The van der Waals surface area contributed by atoms with Gasteiger partial charge < -0.3 is 16.0 Å². The van der Waals surface area contributed by atoms with E-state index in [1.54, 1.807) is 10.9 Å². The summed E-state index contributed by atoms with van der Waals surface area (Å²) in [5.74, 6) is 0.489. The first-order valence-corrected chi connectivity index (χ1v) is 10.7. The molecule has 3 N–H and O–H groups in total. The van der Waals surface area contributed by atoms with Crippen molar-refractivity contribution in [2.45, 2.75) is 33.2 Å². The minimum Gasteiger partial charge on any atom is -0.343 e. The van der Waals surface area contributed by atoms with Gasteiger partial charge in [-0.25, -0.2) is 4.68 Å². The summed E-state index contributed by atoms with van der Waals surface area (Å²) in [6.07, 6.45) is 2.27. The molecule has 32 heavy (non-hydrogen) atoms. The Morgan fingerprint density at radius 1 is 0.969 bits per heavy atom. The average molecular weight is 430 g/mol. The predicted molar refractivity (Wildman–Crippen MR) is 127 cm³/mol. The number of aromatic nitrogens is 2. The highest BCUT2D eigenvalue weighted by Gasteiger charge is 2.34. The molecule has 0 bridgehead atoms. The van der Waals surface area contributed by atoms with Gasteiger partial charge in [-0.1, -0.05) is 50.2 Å². The number of fused-ring (bicyclic) bond motifs is 1. The van der Waals surface area contributed by atoms with Gasteiger partial charge in [-0.05, 0) is 43.5 Å². The third kappa shape index (κ3) is 4.42. The third-order valence-corrected chi connectivity index (χ3v) is 5.38. The van der Waals surface area contributed by atoms with Gasteiger partial charge in [0.25, 0.3) is 11.8 Å². The van der Waals surface area contributed by atoms with Crippen LogP contribution in [0.5, 0.6) is 0 Å². The summed E-state index contributed by atoms with van der Waals surface area (Å²) >= 11 is 0. The van der Waals surface area contributed by atoms with Crippen molar-refractivity contribution in [3.63, 3.8) is 0 Å². The third-order valence-electron chi connectivity index (χ3n) is 5.38. The van der Waals surface area contributed by atoms with E-state index in [0.717, 1.165) is 5.69 Å². The minimum atomic E-state index is -0.284. The summed E-state index contributed by atoms with van der Waals surface area (Å²) in [6.45, 7) is 6.08. The molecule has 3 aromatic rings. The topological polar surface area (TPSA) is 88.0 Å². The van der Waals surface area contributed by atoms with E-state index in [9.17, 15) is 9.59 Å². The van der Waals surface area contributed by atoms with Gasteiger partial charge in [-0.3, -0.25) is 9.59 Å². The van der Waals surface area contributed by atoms with Crippen LogP contribution in [0.25, 0.3) is 0 Å². The summed E-state index contributed by atoms with van der Waals surface area (Å²) in [7, 11) is 0. The smallest absolute Gasteiger partial charge is 0.261 e. The number of hydrogen-bond donors (Lipinski definition) is 3. The maximum Gasteiger partial charge on any atom is 0.261 e. The fraction of sp³-hybridized carbons (Fsp3) is 0.240. The van der Waals surface area contributed by atoms with Crippen LogP contribution < -0.4 is 16.0 Å². The van der Waals surface area contributed by atoms with E-state index >= 15 is 0 Å². The Morgan fingerprint density at radius 2 is 1.53 bits per heavy atom. The molecule has 0 spiro atoms. The number of anilines is 3. The van der Waals surface area contributed by atoms with E-state index in [4.69, 9.17) is 0 Å². The second-order valence-corrected chi connectivity index (χ2v) is 8.30. The lowest BCUT2D eigenvalue weighted by Gasteiger charge is -2.31. The lowest BCUT2D eigenvalue weighted by molar-refractivity contribution is -0.113. The van der Waals surface area contributed by atoms with Crippen LogP contribution >= 0.6 is 0 Å². The van der Waals surface area contributed by atoms with Crippen molar-refractivity contribution >= 4 is 29.0 Å². The first kappa shape index (κ1) is 21.4. The number of nitrogens with zero attached hydrogens (tertiary/aromatic N) is 2. The van der Waals surface area contributed by atoms with Crippen LogP contribution in [-0.4, -0.2) is 21.6 Å². The Bertz CT molecular complexity index is 1150. The number of amides is 2. The average Bonchev–Trinajstić information content (AvgIpc) is 3.18. The first-order valence-electron chi connectivity index (χ1n) is 10.7.